The van der Waals surface area contributed by atoms with Gasteiger partial charge in [0, 0.05) is 15.5 Å². The van der Waals surface area contributed by atoms with Gasteiger partial charge in [-0.05, 0) is 39.0 Å². The van der Waals surface area contributed by atoms with Crippen LogP contribution in [0.4, 0.5) is 4.79 Å². The number of rotatable bonds is 3. The zero-order valence-corrected chi connectivity index (χ0v) is 13.7. The quantitative estimate of drug-likeness (QED) is 0.828. The molecule has 0 radical (unpaired) electrons. The van der Waals surface area contributed by atoms with Crippen LogP contribution < -0.4 is 10.6 Å². The van der Waals surface area contributed by atoms with E-state index in [2.05, 4.69) is 10.6 Å². The van der Waals surface area contributed by atoms with Crippen molar-refractivity contribution in [3.05, 3.63) is 28.2 Å². The fourth-order valence-electron chi connectivity index (χ4n) is 1.27. The first-order valence-corrected chi connectivity index (χ1v) is 7.61. The molecule has 0 aliphatic carbocycles. The van der Waals surface area contributed by atoms with Crippen LogP contribution in [0, 0.1) is 0 Å². The van der Waals surface area contributed by atoms with Gasteiger partial charge in [0.25, 0.3) is 0 Å². The lowest BCUT2D eigenvalue weighted by atomic mass is 10.1. The highest BCUT2D eigenvalue weighted by molar-refractivity contribution is 8.00. The second kappa shape index (κ2) is 7.20. The number of hydrogen-bond acceptors (Lipinski definition) is 3. The van der Waals surface area contributed by atoms with Crippen LogP contribution in [0.15, 0.2) is 23.1 Å². The van der Waals surface area contributed by atoms with Gasteiger partial charge in [-0.1, -0.05) is 23.2 Å². The first-order chi connectivity index (χ1) is 9.17. The maximum atomic E-state index is 11.6. The molecule has 1 aromatic rings. The van der Waals surface area contributed by atoms with Crippen molar-refractivity contribution in [1.29, 1.82) is 0 Å². The van der Waals surface area contributed by atoms with Crippen LogP contribution in [0.5, 0.6) is 0 Å². The fraction of sp³-hybridized carbons (Fsp3) is 0.385. The Hall–Kier alpha value is -0.910. The van der Waals surface area contributed by atoms with Crippen molar-refractivity contribution in [2.24, 2.45) is 0 Å². The molecule has 0 saturated carbocycles. The number of nitrogens with one attached hydrogen (secondary N) is 2. The smallest absolute Gasteiger partial charge is 0.321 e. The van der Waals surface area contributed by atoms with E-state index < -0.39 is 17.5 Å². The van der Waals surface area contributed by atoms with Crippen LogP contribution in [0.1, 0.15) is 20.8 Å². The molecule has 0 spiro atoms. The molecule has 0 heterocycles. The summed E-state index contributed by atoms with van der Waals surface area (Å²) in [6, 6.07) is 4.50. The van der Waals surface area contributed by atoms with E-state index >= 15 is 0 Å². The second-order valence-corrected chi connectivity index (χ2v) is 6.98. The summed E-state index contributed by atoms with van der Waals surface area (Å²) < 4.78 is 0. The molecule has 110 valence electrons. The molecular weight excluding hydrogens is 319 g/mol. The summed E-state index contributed by atoms with van der Waals surface area (Å²) in [4.78, 5) is 23.8. The summed E-state index contributed by atoms with van der Waals surface area (Å²) in [7, 11) is 0. The summed E-state index contributed by atoms with van der Waals surface area (Å²) in [5.74, 6) is -0.315. The molecule has 0 atom stereocenters. The molecule has 1 rings (SSSR count). The summed E-state index contributed by atoms with van der Waals surface area (Å²) in [5, 5.41) is 5.96. The lowest BCUT2D eigenvalue weighted by Gasteiger charge is -2.20. The summed E-state index contributed by atoms with van der Waals surface area (Å²) in [6.45, 7) is 5.49. The lowest BCUT2D eigenvalue weighted by molar-refractivity contribution is -0.117. The van der Waals surface area contributed by atoms with Gasteiger partial charge < -0.3 is 5.32 Å². The van der Waals surface area contributed by atoms with Crippen molar-refractivity contribution in [3.63, 3.8) is 0 Å². The third-order valence-electron chi connectivity index (χ3n) is 1.99. The van der Waals surface area contributed by atoms with Gasteiger partial charge in [0.05, 0.1) is 10.8 Å². The number of amides is 3. The van der Waals surface area contributed by atoms with Gasteiger partial charge >= 0.3 is 6.03 Å². The molecule has 0 aliphatic heterocycles. The highest BCUT2D eigenvalue weighted by Gasteiger charge is 2.16. The SMILES string of the molecule is CC(C)(C)NC(=O)NC(=O)CSc1cc(Cl)ccc1Cl. The molecule has 7 heteroatoms. The highest BCUT2D eigenvalue weighted by atomic mass is 35.5. The minimum Gasteiger partial charge on any atom is -0.333 e. The number of halogens is 2. The minimum absolute atomic E-state index is 0.0810. The monoisotopic (exact) mass is 334 g/mol. The topological polar surface area (TPSA) is 58.2 Å². The van der Waals surface area contributed by atoms with Crippen LogP contribution in [-0.2, 0) is 4.79 Å². The maximum Gasteiger partial charge on any atom is 0.321 e. The molecule has 3 amide bonds. The first-order valence-electron chi connectivity index (χ1n) is 5.87. The van der Waals surface area contributed by atoms with Gasteiger partial charge in [-0.25, -0.2) is 4.79 Å². The third-order valence-corrected chi connectivity index (χ3v) is 3.73. The minimum atomic E-state index is -0.514. The molecule has 1 aromatic carbocycles. The van der Waals surface area contributed by atoms with Crippen molar-refractivity contribution >= 4 is 46.9 Å². The average Bonchev–Trinajstić information content (AvgIpc) is 2.27. The molecule has 0 aromatic heterocycles. The zero-order valence-electron chi connectivity index (χ0n) is 11.4. The van der Waals surface area contributed by atoms with Crippen molar-refractivity contribution in [2.45, 2.75) is 31.2 Å². The Bertz CT molecular complexity index is 516. The van der Waals surface area contributed by atoms with E-state index in [-0.39, 0.29) is 5.75 Å². The predicted molar refractivity (Wildman–Crippen MR) is 83.6 cm³/mol. The van der Waals surface area contributed by atoms with Crippen LogP contribution in [-0.4, -0.2) is 23.2 Å². The van der Waals surface area contributed by atoms with Gasteiger partial charge in [0.1, 0.15) is 0 Å². The molecular formula is C13H16Cl2N2O2S. The normalized spacial score (nSPS) is 11.1. The number of carbonyl (C=O) groups is 2. The highest BCUT2D eigenvalue weighted by Crippen LogP contribution is 2.29. The Balaban J connectivity index is 2.48. The predicted octanol–water partition coefficient (Wildman–Crippen LogP) is 3.71. The van der Waals surface area contributed by atoms with Crippen molar-refractivity contribution in [3.8, 4) is 0 Å². The Morgan fingerprint density at radius 1 is 1.25 bits per heavy atom. The Morgan fingerprint density at radius 3 is 2.50 bits per heavy atom. The molecule has 20 heavy (non-hydrogen) atoms. The van der Waals surface area contributed by atoms with E-state index in [9.17, 15) is 9.59 Å². The molecule has 0 saturated heterocycles. The molecule has 0 fully saturated rings. The Kier molecular flexibility index (Phi) is 6.17. The van der Waals surface area contributed by atoms with E-state index in [0.717, 1.165) is 0 Å². The van der Waals surface area contributed by atoms with E-state index in [1.807, 2.05) is 20.8 Å². The number of thioether (sulfide) groups is 1. The van der Waals surface area contributed by atoms with Gasteiger partial charge in [-0.2, -0.15) is 0 Å². The number of hydrogen-bond donors (Lipinski definition) is 2. The van der Waals surface area contributed by atoms with Crippen molar-refractivity contribution < 1.29 is 9.59 Å². The first kappa shape index (κ1) is 17.1. The number of benzene rings is 1. The molecule has 4 nitrogen and oxygen atoms in total. The van der Waals surface area contributed by atoms with Crippen molar-refractivity contribution in [1.82, 2.24) is 10.6 Å². The van der Waals surface area contributed by atoms with E-state index in [1.54, 1.807) is 18.2 Å². The molecule has 0 unspecified atom stereocenters. The van der Waals surface area contributed by atoms with E-state index in [0.29, 0.717) is 14.9 Å². The summed E-state index contributed by atoms with van der Waals surface area (Å²) >= 11 is 13.1. The second-order valence-electron chi connectivity index (χ2n) is 5.12. The number of urea groups is 1. The van der Waals surface area contributed by atoms with Crippen LogP contribution >= 0.6 is 35.0 Å². The Morgan fingerprint density at radius 2 is 1.90 bits per heavy atom. The zero-order chi connectivity index (χ0) is 15.3. The van der Waals surface area contributed by atoms with Crippen molar-refractivity contribution in [2.75, 3.05) is 5.75 Å². The maximum absolute atomic E-state index is 11.6. The Labute approximate surface area is 132 Å². The molecule has 0 aliphatic rings. The standard InChI is InChI=1S/C13H16Cl2N2O2S/c1-13(2,3)17-12(19)16-11(18)7-20-10-6-8(14)4-5-9(10)15/h4-6H,7H2,1-3H3,(H2,16,17,18,19). The summed E-state index contributed by atoms with van der Waals surface area (Å²) in [5.41, 5.74) is -0.395. The van der Waals surface area contributed by atoms with Gasteiger partial charge in [0.2, 0.25) is 5.91 Å². The van der Waals surface area contributed by atoms with Crippen LogP contribution in [0.2, 0.25) is 10.0 Å². The molecule has 0 bridgehead atoms. The lowest BCUT2D eigenvalue weighted by Crippen LogP contribution is -2.48. The van der Waals surface area contributed by atoms with Crippen LogP contribution in [0.3, 0.4) is 0 Å². The van der Waals surface area contributed by atoms with E-state index in [4.69, 9.17) is 23.2 Å². The van der Waals surface area contributed by atoms with Crippen LogP contribution in [0.25, 0.3) is 0 Å². The fourth-order valence-corrected chi connectivity index (χ4v) is 2.56. The molecule has 2 N–H and O–H groups in total. The van der Waals surface area contributed by atoms with Gasteiger partial charge in [0.15, 0.2) is 0 Å². The van der Waals surface area contributed by atoms with E-state index in [1.165, 1.54) is 11.8 Å². The largest absolute Gasteiger partial charge is 0.333 e. The third kappa shape index (κ3) is 6.50. The van der Waals surface area contributed by atoms with Gasteiger partial charge in [-0.15, -0.1) is 11.8 Å². The number of imide groups is 1. The average molecular weight is 335 g/mol. The van der Waals surface area contributed by atoms with Gasteiger partial charge in [-0.3, -0.25) is 10.1 Å². The summed E-state index contributed by atoms with van der Waals surface area (Å²) in [6.07, 6.45) is 0. The number of carbonyl (C=O) groups excluding carboxylic acids is 2.